The first-order chi connectivity index (χ1) is 55.3. The van der Waals surface area contributed by atoms with Crippen LogP contribution in [0.1, 0.15) is 135 Å². The molecule has 0 aliphatic rings. The number of aromatic nitrogens is 2. The number of para-hydroxylation sites is 2. The summed E-state index contributed by atoms with van der Waals surface area (Å²) >= 11 is 0. The fourth-order valence-electron chi connectivity index (χ4n) is 12.5. The van der Waals surface area contributed by atoms with Crippen molar-refractivity contribution in [1.82, 2.24) is 79.1 Å². The fraction of sp³-hybridized carbons (Fsp3) is 0.526. The number of benzene rings is 3. The molecule has 0 aliphatic heterocycles. The zero-order chi connectivity index (χ0) is 85.6. The van der Waals surface area contributed by atoms with Crippen LogP contribution >= 0.6 is 0 Å². The van der Waals surface area contributed by atoms with Gasteiger partial charge in [0.1, 0.15) is 72.7 Å². The zero-order valence-electron chi connectivity index (χ0n) is 66.1. The molecule has 0 fully saturated rings. The molecule has 0 unspecified atom stereocenters. The van der Waals surface area contributed by atoms with Crippen molar-refractivity contribution in [3.05, 3.63) is 102 Å². The molecule has 0 saturated carbocycles. The van der Waals surface area contributed by atoms with Crippen LogP contribution in [-0.4, -0.2) is 231 Å². The number of nitrogens with two attached hydrogens (primary N) is 4. The monoisotopic (exact) mass is 1620 g/mol. The quantitative estimate of drug-likeness (QED) is 0.0170. The van der Waals surface area contributed by atoms with Crippen LogP contribution in [0.25, 0.3) is 21.8 Å². The van der Waals surface area contributed by atoms with Gasteiger partial charge in [-0.1, -0.05) is 102 Å². The molecule has 0 spiro atoms. The molecule has 116 heavy (non-hydrogen) atoms. The number of carbonyl (C=O) groups excluding carboxylic acids is 14. The smallest absolute Gasteiger partial charge is 0.322 e. The molecule has 0 radical (unpaired) electrons. The van der Waals surface area contributed by atoms with Crippen molar-refractivity contribution in [2.45, 2.75) is 204 Å². The van der Waals surface area contributed by atoms with Gasteiger partial charge in [-0.3, -0.25) is 71.9 Å². The summed E-state index contributed by atoms with van der Waals surface area (Å²) in [6, 6.07) is 4.37. The lowest BCUT2D eigenvalue weighted by atomic mass is 9.96. The highest BCUT2D eigenvalue weighted by Gasteiger charge is 2.39. The molecule has 14 amide bonds. The van der Waals surface area contributed by atoms with E-state index in [1.54, 1.807) is 74.8 Å². The van der Waals surface area contributed by atoms with Gasteiger partial charge in [-0.15, -0.1) is 0 Å². The highest BCUT2D eigenvalue weighted by molar-refractivity contribution is 6.01. The number of phenolic OH excluding ortho intramolecular Hbond substituents is 1. The molecule has 38 heteroatoms. The van der Waals surface area contributed by atoms with Gasteiger partial charge >= 0.3 is 5.97 Å². The van der Waals surface area contributed by atoms with E-state index in [1.165, 1.54) is 24.3 Å². The Hall–Kier alpha value is -11.6. The largest absolute Gasteiger partial charge is 0.508 e. The fourth-order valence-corrected chi connectivity index (χ4v) is 12.5. The number of aromatic amines is 2. The van der Waals surface area contributed by atoms with E-state index in [9.17, 15) is 87.2 Å². The summed E-state index contributed by atoms with van der Waals surface area (Å²) in [5, 5.41) is 74.3. The van der Waals surface area contributed by atoms with Crippen LogP contribution < -0.4 is 92.1 Å². The maximum atomic E-state index is 14.9. The predicted octanol–water partition coefficient (Wildman–Crippen LogP) is -3.22. The van der Waals surface area contributed by atoms with Crippen molar-refractivity contribution in [1.29, 1.82) is 0 Å². The van der Waals surface area contributed by atoms with Gasteiger partial charge in [0.25, 0.3) is 0 Å². The van der Waals surface area contributed by atoms with E-state index in [2.05, 4.69) is 87.6 Å². The van der Waals surface area contributed by atoms with E-state index in [0.29, 0.717) is 50.8 Å². The summed E-state index contributed by atoms with van der Waals surface area (Å²) < 4.78 is 0. The molecule has 5 aromatic rings. The van der Waals surface area contributed by atoms with Crippen LogP contribution in [0.4, 0.5) is 0 Å². The first kappa shape index (κ1) is 95.0. The molecule has 0 saturated heterocycles. The van der Waals surface area contributed by atoms with Crippen molar-refractivity contribution >= 4 is 110 Å². The molecular weight excluding hydrogens is 1510 g/mol. The summed E-state index contributed by atoms with van der Waals surface area (Å²) in [5.41, 5.74) is 26.0. The molecule has 636 valence electrons. The Balaban J connectivity index is 1.35. The lowest BCUT2D eigenvalue weighted by molar-refractivity contribution is -0.138. The number of hydrogen-bond donors (Lipinski definition) is 23. The molecule has 0 aliphatic carbocycles. The van der Waals surface area contributed by atoms with Gasteiger partial charge in [0, 0.05) is 59.9 Å². The van der Waals surface area contributed by atoms with E-state index in [-0.39, 0.29) is 96.0 Å². The summed E-state index contributed by atoms with van der Waals surface area (Å²) in [7, 11) is 0. The summed E-state index contributed by atoms with van der Waals surface area (Å²) in [6.45, 7) is 5.46. The Morgan fingerprint density at radius 3 is 1.33 bits per heavy atom. The van der Waals surface area contributed by atoms with Gasteiger partial charge in [-0.25, -0.2) is 0 Å². The molecule has 27 N–H and O–H groups in total. The number of fused-ring (bicyclic) bond motifs is 2. The molecule has 0 bridgehead atoms. The van der Waals surface area contributed by atoms with Crippen molar-refractivity contribution < 1.29 is 92.3 Å². The number of aliphatic hydroxyl groups excluding tert-OH is 2. The van der Waals surface area contributed by atoms with E-state index in [4.69, 9.17) is 28.0 Å². The lowest BCUT2D eigenvalue weighted by Gasteiger charge is -2.30. The molecule has 38 nitrogen and oxygen atoms in total. The van der Waals surface area contributed by atoms with E-state index in [1.807, 2.05) is 5.32 Å². The molecule has 2 aromatic heterocycles. The number of phenols is 1. The number of hydrogen-bond acceptors (Lipinski definition) is 21. The topological polar surface area (TPSA) is 629 Å². The number of rotatable bonds is 53. The minimum Gasteiger partial charge on any atom is -0.508 e. The average Bonchev–Trinajstić information content (AvgIpc) is 1.62. The number of carboxylic acids is 1. The van der Waals surface area contributed by atoms with Crippen LogP contribution in [0.2, 0.25) is 0 Å². The second-order valence-corrected chi connectivity index (χ2v) is 28.9. The van der Waals surface area contributed by atoms with E-state index >= 15 is 0 Å². The minimum absolute atomic E-state index is 0.00968. The van der Waals surface area contributed by atoms with Gasteiger partial charge in [0.05, 0.1) is 32.2 Å². The van der Waals surface area contributed by atoms with Crippen LogP contribution in [0.5, 0.6) is 5.75 Å². The number of carbonyl (C=O) groups is 15. The molecule has 2 heterocycles. The third-order valence-electron chi connectivity index (χ3n) is 19.2. The maximum absolute atomic E-state index is 14.9. The van der Waals surface area contributed by atoms with Crippen LogP contribution in [0.3, 0.4) is 0 Å². The van der Waals surface area contributed by atoms with Crippen molar-refractivity contribution in [3.63, 3.8) is 0 Å². The number of unbranched alkanes of at least 4 members (excludes halogenated alkanes) is 2. The number of primary amides is 1. The minimum atomic E-state index is -1.86. The lowest BCUT2D eigenvalue weighted by Crippen LogP contribution is -2.62. The Bertz CT molecular complexity index is 4130. The third kappa shape index (κ3) is 32.0. The SMILES string of the molecule is CC[C@H](C)[C@H](NC(=O)[C@@H](NC(=O)[C@H](Cc1c[nH]c2ccccc12)NC(=O)[C@@H](CCCN)NC(=O)CNC(=O)[C@H](CCCN)NC(=O)[C@@H](CCCN)NC(=O)[C@@H](Cc1c[nH]c2ccccc12)NC(=O)[C@@H](Cc1ccc(O)cc1)NC(=O)[C@@H](CO)NC(=O)CCCCCC(C)C)[C@@H](C)O)C(=O)N[C@@H](CC(N)=O)C(=O)NCC(=O)NCC(=O)O. The number of amides is 14. The number of H-pyrrole nitrogens is 2. The average molecular weight is 1620 g/mol. The Labute approximate surface area is 671 Å². The molecule has 5 rings (SSSR count). The Morgan fingerprint density at radius 1 is 0.422 bits per heavy atom. The van der Waals surface area contributed by atoms with E-state index in [0.717, 1.165) is 26.2 Å². The summed E-state index contributed by atoms with van der Waals surface area (Å²) in [5.74, 6) is -14.9. The molecular formula is C78H115N19O19. The van der Waals surface area contributed by atoms with Crippen molar-refractivity contribution in [2.75, 3.05) is 45.9 Å². The van der Waals surface area contributed by atoms with E-state index < -0.39 is 194 Å². The number of carboxylic acid groups (broad SMARTS) is 1. The second kappa shape index (κ2) is 49.2. The number of nitrogens with one attached hydrogen (secondary N) is 15. The second-order valence-electron chi connectivity index (χ2n) is 28.9. The standard InChI is InChI=1S/C78H115N19O19/c1-6-44(4)67(77(115)95-60(36-62(82)101)70(108)86-39-64(103)85-41-66(105)106)96-78(116)68(45(5)99)97-75(113)59(35-48-38-84-53-21-13-11-19-51(48)53)93-71(109)55(23-15-31-80)88-65(104)40-87-69(107)54(22-14-30-79)90-72(110)56(24-16-32-81)91-74(112)58(34-47-37-83-52-20-12-10-18-50(47)52)94-73(111)57(33-46-26-28-49(100)29-27-46)92-76(114)61(42-98)89-63(102)25-9-7-8-17-43(2)3/h10-13,18-21,26-29,37-38,43-45,54-61,67-68,83-84,98-100H,6-9,14-17,22-25,30-36,39-42,79-81H2,1-5H3,(H2,82,101)(H,85,103)(H,86,108)(H,87,107)(H,88,104)(H,89,102)(H,90,110)(H,91,112)(H,92,114)(H,93,109)(H,94,111)(H,95,115)(H,96,116)(H,97,113)(H,105,106)/t44-,45+,54-,55+,56+,57+,58+,59-,60-,61+,67-,68-/m0/s1. The first-order valence-corrected chi connectivity index (χ1v) is 38.9. The van der Waals surface area contributed by atoms with Gasteiger partial charge in [0.15, 0.2) is 0 Å². The van der Waals surface area contributed by atoms with Crippen LogP contribution in [-0.2, 0) is 91.2 Å². The number of aromatic hydroxyl groups is 1. The van der Waals surface area contributed by atoms with Gasteiger partial charge in [-0.05, 0) is 124 Å². The summed E-state index contributed by atoms with van der Waals surface area (Å²) in [6.07, 6.45) is 3.59. The zero-order valence-corrected chi connectivity index (χ0v) is 66.1. The highest BCUT2D eigenvalue weighted by atomic mass is 16.4. The van der Waals surface area contributed by atoms with Crippen LogP contribution in [0, 0.1) is 11.8 Å². The molecule has 3 aromatic carbocycles. The summed E-state index contributed by atoms with van der Waals surface area (Å²) in [4.78, 5) is 212. The first-order valence-electron chi connectivity index (χ1n) is 38.9. The Morgan fingerprint density at radius 2 is 0.845 bits per heavy atom. The van der Waals surface area contributed by atoms with Gasteiger partial charge < -0.3 is 122 Å². The predicted molar refractivity (Wildman–Crippen MR) is 427 cm³/mol. The number of aliphatic hydroxyl groups is 2. The van der Waals surface area contributed by atoms with Gasteiger partial charge in [-0.2, -0.15) is 0 Å². The normalized spacial score (nSPS) is 14.3. The third-order valence-corrected chi connectivity index (χ3v) is 19.2. The van der Waals surface area contributed by atoms with Gasteiger partial charge in [0.2, 0.25) is 82.7 Å². The Kier molecular flexibility index (Phi) is 40.3. The van der Waals surface area contributed by atoms with Crippen LogP contribution in [0.15, 0.2) is 85.2 Å². The van der Waals surface area contributed by atoms with Crippen molar-refractivity contribution in [2.24, 2.45) is 34.8 Å². The molecule has 12 atom stereocenters. The highest BCUT2D eigenvalue weighted by Crippen LogP contribution is 2.23. The van der Waals surface area contributed by atoms with Crippen molar-refractivity contribution in [3.8, 4) is 5.75 Å². The maximum Gasteiger partial charge on any atom is 0.322 e. The number of aliphatic carboxylic acids is 1.